The van der Waals surface area contributed by atoms with Crippen molar-refractivity contribution in [1.82, 2.24) is 19.4 Å². The van der Waals surface area contributed by atoms with E-state index in [0.29, 0.717) is 39.4 Å². The molecule has 0 bridgehead atoms. The third-order valence-corrected chi connectivity index (χ3v) is 9.54. The fraction of sp³-hybridized carbons (Fsp3) is 0.571. The fourth-order valence-electron chi connectivity index (χ4n) is 3.86. The number of rotatable bonds is 10. The van der Waals surface area contributed by atoms with E-state index in [2.05, 4.69) is 10.3 Å². The van der Waals surface area contributed by atoms with Gasteiger partial charge in [0.25, 0.3) is 5.12 Å². The molecule has 0 saturated carbocycles. The second-order valence-electron chi connectivity index (χ2n) is 8.50. The normalized spacial score (nSPS) is 17.9. The molecule has 2 saturated heterocycles. The van der Waals surface area contributed by atoms with Gasteiger partial charge in [0.1, 0.15) is 0 Å². The number of sulfone groups is 1. The van der Waals surface area contributed by atoms with E-state index in [9.17, 15) is 26.4 Å². The van der Waals surface area contributed by atoms with Crippen molar-refractivity contribution < 1.29 is 31.2 Å². The van der Waals surface area contributed by atoms with Gasteiger partial charge in [-0.25, -0.2) is 16.8 Å². The van der Waals surface area contributed by atoms with Crippen LogP contribution in [0.5, 0.6) is 0 Å². The summed E-state index contributed by atoms with van der Waals surface area (Å²) in [6.45, 7) is 3.22. The Labute approximate surface area is 216 Å². The molecule has 2 aliphatic rings. The van der Waals surface area contributed by atoms with Crippen molar-refractivity contribution in [1.29, 1.82) is 0 Å². The van der Waals surface area contributed by atoms with E-state index in [-0.39, 0.29) is 54.4 Å². The number of ether oxygens (including phenoxy) is 1. The minimum atomic E-state index is -4.29. The number of nitrogens with two attached hydrogens (primary N) is 2. The number of sulfonamides is 1. The topological polar surface area (TPSA) is 198 Å². The van der Waals surface area contributed by atoms with Crippen LogP contribution >= 0.6 is 0 Å². The predicted molar refractivity (Wildman–Crippen MR) is 135 cm³/mol. The minimum absolute atomic E-state index is 0.0483. The molecule has 2 heterocycles. The zero-order valence-corrected chi connectivity index (χ0v) is 22.0. The van der Waals surface area contributed by atoms with Gasteiger partial charge < -0.3 is 21.1 Å². The summed E-state index contributed by atoms with van der Waals surface area (Å²) >= 11 is 0. The molecule has 206 valence electrons. The van der Waals surface area contributed by atoms with Crippen molar-refractivity contribution in [2.24, 2.45) is 16.5 Å². The Bertz CT molecular complexity index is 1190. The fourth-order valence-corrected chi connectivity index (χ4v) is 6.32. The summed E-state index contributed by atoms with van der Waals surface area (Å²) in [4.78, 5) is 31.8. The Morgan fingerprint density at radius 3 is 2.11 bits per heavy atom. The molecule has 14 nitrogen and oxygen atoms in total. The number of amides is 1. The molecule has 0 aliphatic carbocycles. The molecule has 1 aromatic carbocycles. The maximum absolute atomic E-state index is 12.7. The van der Waals surface area contributed by atoms with Gasteiger partial charge in [-0.1, -0.05) is 0 Å². The van der Waals surface area contributed by atoms with Crippen LogP contribution in [0.3, 0.4) is 0 Å². The number of carbonyl (C=O) groups excluding carboxylic acids is 2. The van der Waals surface area contributed by atoms with E-state index in [0.717, 1.165) is 12.1 Å². The lowest BCUT2D eigenvalue weighted by Gasteiger charge is -2.34. The average Bonchev–Trinajstić information content (AvgIpc) is 2.89. The van der Waals surface area contributed by atoms with E-state index >= 15 is 0 Å². The second-order valence-corrected chi connectivity index (χ2v) is 12.4. The highest BCUT2D eigenvalue weighted by atomic mass is 32.2. The predicted octanol–water partition coefficient (Wildman–Crippen LogP) is -2.64. The van der Waals surface area contributed by atoms with Gasteiger partial charge in [0.05, 0.1) is 36.1 Å². The van der Waals surface area contributed by atoms with E-state index in [1.807, 2.05) is 4.90 Å². The molecule has 2 aliphatic heterocycles. The lowest BCUT2D eigenvalue weighted by molar-refractivity contribution is -0.132. The lowest BCUT2D eigenvalue weighted by atomic mass is 10.3. The van der Waals surface area contributed by atoms with Gasteiger partial charge in [-0.05, 0) is 24.3 Å². The smallest absolute Gasteiger partial charge is 0.264 e. The maximum atomic E-state index is 12.7. The van der Waals surface area contributed by atoms with Crippen LogP contribution in [0.4, 0.5) is 0 Å². The van der Waals surface area contributed by atoms with Crippen LogP contribution in [0.1, 0.15) is 6.42 Å². The summed E-state index contributed by atoms with van der Waals surface area (Å²) in [7, 11) is -8.07. The molecule has 2 fully saturated rings. The Balaban J connectivity index is 1.46. The number of nitrogens with one attached hydrogen (secondary N) is 1. The number of hydrogen-bond acceptors (Lipinski definition) is 10. The Hall–Kier alpha value is -2.63. The first kappa shape index (κ1) is 28.9. The minimum Gasteiger partial charge on any atom is -0.379 e. The summed E-state index contributed by atoms with van der Waals surface area (Å²) in [6, 6.07) is 4.64. The van der Waals surface area contributed by atoms with Crippen LogP contribution in [0.2, 0.25) is 0 Å². The molecule has 1 amide bonds. The largest absolute Gasteiger partial charge is 0.379 e. The second kappa shape index (κ2) is 12.7. The van der Waals surface area contributed by atoms with Crippen molar-refractivity contribution in [3.63, 3.8) is 0 Å². The number of aliphatic imine (C=N–C) groups is 1. The summed E-state index contributed by atoms with van der Waals surface area (Å²) in [5, 5.41) is 1.81. The van der Waals surface area contributed by atoms with Crippen LogP contribution in [0.15, 0.2) is 39.0 Å². The third-order valence-electron chi connectivity index (χ3n) is 5.99. The zero-order chi connectivity index (χ0) is 27.1. The van der Waals surface area contributed by atoms with Crippen LogP contribution in [-0.4, -0.2) is 120 Å². The highest BCUT2D eigenvalue weighted by Crippen LogP contribution is 2.20. The average molecular weight is 560 g/mol. The molecule has 0 spiro atoms. The molecule has 3 rings (SSSR count). The summed E-state index contributed by atoms with van der Waals surface area (Å²) < 4.78 is 57.2. The molecule has 0 aromatic heterocycles. The van der Waals surface area contributed by atoms with Crippen molar-refractivity contribution in [3.05, 3.63) is 24.3 Å². The summed E-state index contributed by atoms with van der Waals surface area (Å²) in [5.41, 5.74) is 10.5. The molecule has 0 atom stereocenters. The van der Waals surface area contributed by atoms with Crippen LogP contribution < -0.4 is 16.8 Å². The number of benzene rings is 1. The highest BCUT2D eigenvalue weighted by Gasteiger charge is 2.29. The standard InChI is InChI=1S/C21H33N7O7S2/c22-21(23)25-6-5-19(29)27-9-7-26(8-10-27)16-24-15-20(30)36(31,32)17-1-3-18(4-2-17)37(33,34)28-11-13-35-14-12-28/h1-4,24H,5-16H2,(H4,22,23,25). The molecule has 16 heteroatoms. The first-order chi connectivity index (χ1) is 17.5. The quantitative estimate of drug-likeness (QED) is 0.200. The van der Waals surface area contributed by atoms with Crippen LogP contribution in [0, 0.1) is 0 Å². The molecule has 0 unspecified atom stereocenters. The molecular weight excluding hydrogens is 526 g/mol. The van der Waals surface area contributed by atoms with Crippen molar-refractivity contribution in [2.45, 2.75) is 16.2 Å². The number of morpholine rings is 1. The van der Waals surface area contributed by atoms with Crippen molar-refractivity contribution >= 4 is 36.8 Å². The van der Waals surface area contributed by atoms with Crippen molar-refractivity contribution in [3.8, 4) is 0 Å². The first-order valence-electron chi connectivity index (χ1n) is 11.7. The Morgan fingerprint density at radius 1 is 0.919 bits per heavy atom. The molecule has 5 N–H and O–H groups in total. The van der Waals surface area contributed by atoms with Gasteiger partial charge in [0.15, 0.2) is 5.96 Å². The van der Waals surface area contributed by atoms with Gasteiger partial charge in [-0.15, -0.1) is 0 Å². The van der Waals surface area contributed by atoms with Gasteiger partial charge in [0, 0.05) is 52.4 Å². The molecule has 0 radical (unpaired) electrons. The van der Waals surface area contributed by atoms with E-state index in [1.165, 1.54) is 16.4 Å². The lowest BCUT2D eigenvalue weighted by Crippen LogP contribution is -2.51. The third kappa shape index (κ3) is 7.68. The highest BCUT2D eigenvalue weighted by molar-refractivity contribution is 8.06. The molecule has 37 heavy (non-hydrogen) atoms. The summed E-state index contributed by atoms with van der Waals surface area (Å²) in [6.07, 6.45) is 0.211. The van der Waals surface area contributed by atoms with Gasteiger partial charge in [0.2, 0.25) is 25.8 Å². The van der Waals surface area contributed by atoms with E-state index in [4.69, 9.17) is 16.2 Å². The SMILES string of the molecule is NC(N)=NCCC(=O)N1CCN(CNCC(=O)S(=O)(=O)c2ccc(S(=O)(=O)N3CCOCC3)cc2)CC1. The van der Waals surface area contributed by atoms with E-state index < -0.39 is 31.5 Å². The Morgan fingerprint density at radius 2 is 1.51 bits per heavy atom. The van der Waals surface area contributed by atoms with Crippen LogP contribution in [-0.2, 0) is 34.2 Å². The van der Waals surface area contributed by atoms with Crippen LogP contribution in [0.25, 0.3) is 0 Å². The number of guanidine groups is 1. The number of hydrogen-bond donors (Lipinski definition) is 3. The monoisotopic (exact) mass is 559 g/mol. The Kier molecular flexibility index (Phi) is 9.97. The number of piperazine rings is 1. The number of nitrogens with zero attached hydrogens (tertiary/aromatic N) is 4. The molecule has 1 aromatic rings. The first-order valence-corrected chi connectivity index (χ1v) is 14.7. The van der Waals surface area contributed by atoms with Crippen molar-refractivity contribution in [2.75, 3.05) is 72.2 Å². The molecular formula is C21H33N7O7S2. The van der Waals surface area contributed by atoms with Gasteiger partial charge in [-0.3, -0.25) is 24.8 Å². The van der Waals surface area contributed by atoms with Gasteiger partial charge >= 0.3 is 0 Å². The van der Waals surface area contributed by atoms with E-state index in [1.54, 1.807) is 4.90 Å². The summed E-state index contributed by atoms with van der Waals surface area (Å²) in [5.74, 6) is -0.114. The maximum Gasteiger partial charge on any atom is 0.264 e. The number of carbonyl (C=O) groups is 2. The van der Waals surface area contributed by atoms with Gasteiger partial charge in [-0.2, -0.15) is 4.31 Å². The zero-order valence-electron chi connectivity index (χ0n) is 20.4.